The lowest BCUT2D eigenvalue weighted by atomic mass is 9.80. The highest BCUT2D eigenvalue weighted by atomic mass is 19.4. The SMILES string of the molecule is CC1CCCC(CCC2=CCCC(C(F)(F)F)=C(C(=O)Nc3ccc(-c4ccc(C(=O)Nc5ccccc5)cc4)cc3)O2)C1. The number of benzene rings is 3. The third kappa shape index (κ3) is 8.18. The van der Waals surface area contributed by atoms with Crippen molar-refractivity contribution in [2.45, 2.75) is 64.5 Å². The van der Waals surface area contributed by atoms with Crippen molar-refractivity contribution < 1.29 is 27.5 Å². The summed E-state index contributed by atoms with van der Waals surface area (Å²) in [5, 5.41) is 5.44. The summed E-state index contributed by atoms with van der Waals surface area (Å²) in [6.45, 7) is 2.24. The van der Waals surface area contributed by atoms with E-state index in [2.05, 4.69) is 17.6 Å². The maximum absolute atomic E-state index is 14.0. The van der Waals surface area contributed by atoms with E-state index < -0.39 is 23.4 Å². The van der Waals surface area contributed by atoms with Crippen molar-refractivity contribution in [1.29, 1.82) is 0 Å². The number of hydrogen-bond acceptors (Lipinski definition) is 3. The van der Waals surface area contributed by atoms with Crippen molar-refractivity contribution in [3.8, 4) is 11.1 Å². The molecule has 2 unspecified atom stereocenters. The molecule has 1 aliphatic carbocycles. The van der Waals surface area contributed by atoms with E-state index in [1.165, 1.54) is 12.8 Å². The predicted molar refractivity (Wildman–Crippen MR) is 167 cm³/mol. The highest BCUT2D eigenvalue weighted by Crippen LogP contribution is 2.38. The van der Waals surface area contributed by atoms with E-state index in [-0.39, 0.29) is 18.7 Å². The Morgan fingerprint density at radius 1 is 0.841 bits per heavy atom. The van der Waals surface area contributed by atoms with Gasteiger partial charge in [0.05, 0.1) is 5.57 Å². The van der Waals surface area contributed by atoms with Crippen LogP contribution in [0.3, 0.4) is 0 Å². The van der Waals surface area contributed by atoms with E-state index in [4.69, 9.17) is 4.74 Å². The molecule has 1 heterocycles. The quantitative estimate of drug-likeness (QED) is 0.270. The van der Waals surface area contributed by atoms with E-state index in [9.17, 15) is 22.8 Å². The molecular formula is C36H37F3N2O3. The van der Waals surface area contributed by atoms with Gasteiger partial charge in [-0.3, -0.25) is 9.59 Å². The Morgan fingerprint density at radius 3 is 2.14 bits per heavy atom. The summed E-state index contributed by atoms with van der Waals surface area (Å²) in [5.74, 6) is -0.201. The maximum atomic E-state index is 14.0. The molecule has 0 radical (unpaired) electrons. The molecule has 3 aromatic rings. The Morgan fingerprint density at radius 2 is 1.48 bits per heavy atom. The first-order valence-corrected chi connectivity index (χ1v) is 15.2. The summed E-state index contributed by atoms with van der Waals surface area (Å²) in [6.07, 6.45) is 2.87. The highest BCUT2D eigenvalue weighted by Gasteiger charge is 2.40. The summed E-state index contributed by atoms with van der Waals surface area (Å²) in [7, 11) is 0. The lowest BCUT2D eigenvalue weighted by molar-refractivity contribution is -0.119. The van der Waals surface area contributed by atoms with E-state index in [0.717, 1.165) is 30.4 Å². The molecule has 1 aliphatic heterocycles. The van der Waals surface area contributed by atoms with Crippen LogP contribution in [0.25, 0.3) is 11.1 Å². The Bertz CT molecular complexity index is 1510. The summed E-state index contributed by atoms with van der Waals surface area (Å²) >= 11 is 0. The minimum atomic E-state index is -4.68. The summed E-state index contributed by atoms with van der Waals surface area (Å²) in [4.78, 5) is 25.7. The van der Waals surface area contributed by atoms with Gasteiger partial charge >= 0.3 is 6.18 Å². The minimum Gasteiger partial charge on any atom is -0.456 e. The number of carbonyl (C=O) groups excluding carboxylic acids is 2. The average molecular weight is 603 g/mol. The number of hydrogen-bond donors (Lipinski definition) is 2. The Kier molecular flexibility index (Phi) is 9.88. The average Bonchev–Trinajstić information content (AvgIpc) is 3.24. The number of anilines is 2. The maximum Gasteiger partial charge on any atom is 0.416 e. The van der Waals surface area contributed by atoms with Gasteiger partial charge in [0.15, 0.2) is 5.76 Å². The smallest absolute Gasteiger partial charge is 0.416 e. The summed E-state index contributed by atoms with van der Waals surface area (Å²) in [5.41, 5.74) is 2.27. The van der Waals surface area contributed by atoms with Gasteiger partial charge in [-0.15, -0.1) is 0 Å². The van der Waals surface area contributed by atoms with Gasteiger partial charge in [0.2, 0.25) is 0 Å². The predicted octanol–water partition coefficient (Wildman–Crippen LogP) is 9.66. The van der Waals surface area contributed by atoms with Gasteiger partial charge in [0.25, 0.3) is 11.8 Å². The van der Waals surface area contributed by atoms with Crippen LogP contribution in [0.1, 0.15) is 68.6 Å². The third-order valence-electron chi connectivity index (χ3n) is 8.32. The standard InChI is InChI=1S/C36H37F3N2O3/c1-24-7-5-8-25(23-24)13-22-31-11-6-12-32(36(37,38)39)33(44-31)35(43)41-30-20-18-27(19-21-30)26-14-16-28(17-15-26)34(42)40-29-9-3-2-4-10-29/h2-4,9-11,14-21,24-25H,5-8,12-13,22-23H2,1H3,(H,40,42)(H,41,43). The van der Waals surface area contributed by atoms with Crippen LogP contribution in [-0.4, -0.2) is 18.0 Å². The van der Waals surface area contributed by atoms with Crippen LogP contribution in [0.5, 0.6) is 0 Å². The Balaban J connectivity index is 1.23. The molecule has 8 heteroatoms. The first kappa shape index (κ1) is 31.1. The summed E-state index contributed by atoms with van der Waals surface area (Å²) < 4.78 is 47.7. The van der Waals surface area contributed by atoms with E-state index in [1.54, 1.807) is 42.5 Å². The number of carbonyl (C=O) groups is 2. The van der Waals surface area contributed by atoms with Gasteiger partial charge in [0.1, 0.15) is 5.76 Å². The van der Waals surface area contributed by atoms with E-state index in [0.29, 0.717) is 41.0 Å². The van der Waals surface area contributed by atoms with Crippen molar-refractivity contribution in [3.05, 3.63) is 108 Å². The second-order valence-electron chi connectivity index (χ2n) is 11.7. The number of halogens is 3. The second-order valence-corrected chi connectivity index (χ2v) is 11.7. The lowest BCUT2D eigenvalue weighted by Gasteiger charge is -2.27. The van der Waals surface area contributed by atoms with Gasteiger partial charge in [0, 0.05) is 23.4 Å². The van der Waals surface area contributed by atoms with E-state index in [1.807, 2.05) is 42.5 Å². The van der Waals surface area contributed by atoms with Crippen LogP contribution in [-0.2, 0) is 9.53 Å². The van der Waals surface area contributed by atoms with Crippen LogP contribution in [0.2, 0.25) is 0 Å². The van der Waals surface area contributed by atoms with E-state index >= 15 is 0 Å². The first-order valence-electron chi connectivity index (χ1n) is 15.2. The number of amides is 2. The van der Waals surface area contributed by atoms with Crippen molar-refractivity contribution in [3.63, 3.8) is 0 Å². The normalized spacial score (nSPS) is 19.0. The summed E-state index contributed by atoms with van der Waals surface area (Å²) in [6, 6.07) is 23.0. The van der Waals surface area contributed by atoms with Crippen molar-refractivity contribution in [2.75, 3.05) is 10.6 Å². The van der Waals surface area contributed by atoms with Gasteiger partial charge in [-0.25, -0.2) is 0 Å². The molecule has 2 amide bonds. The lowest BCUT2D eigenvalue weighted by Crippen LogP contribution is -2.23. The van der Waals surface area contributed by atoms with Gasteiger partial charge in [-0.1, -0.05) is 68.7 Å². The number of allylic oxidation sites excluding steroid dienone is 3. The monoisotopic (exact) mass is 602 g/mol. The highest BCUT2D eigenvalue weighted by molar-refractivity contribution is 6.04. The molecule has 44 heavy (non-hydrogen) atoms. The number of alkyl halides is 3. The van der Waals surface area contributed by atoms with Crippen LogP contribution in [0.15, 0.2) is 102 Å². The molecule has 0 saturated heterocycles. The number of para-hydroxylation sites is 1. The zero-order chi connectivity index (χ0) is 31.1. The molecule has 0 aromatic heterocycles. The molecule has 0 spiro atoms. The molecule has 5 rings (SSSR count). The number of rotatable bonds is 8. The fourth-order valence-electron chi connectivity index (χ4n) is 5.97. The molecule has 1 fully saturated rings. The first-order chi connectivity index (χ1) is 21.2. The second kappa shape index (κ2) is 14.0. The fourth-order valence-corrected chi connectivity index (χ4v) is 5.97. The molecule has 2 N–H and O–H groups in total. The molecule has 230 valence electrons. The number of ether oxygens (including phenoxy) is 1. The van der Waals surface area contributed by atoms with Crippen molar-refractivity contribution in [2.24, 2.45) is 11.8 Å². The third-order valence-corrected chi connectivity index (χ3v) is 8.32. The molecule has 5 nitrogen and oxygen atoms in total. The fraction of sp³-hybridized carbons (Fsp3) is 0.333. The van der Waals surface area contributed by atoms with Gasteiger partial charge in [-0.05, 0) is 91.1 Å². The Labute approximate surface area is 256 Å². The molecule has 1 saturated carbocycles. The number of nitrogens with one attached hydrogen (secondary N) is 2. The van der Waals surface area contributed by atoms with Crippen LogP contribution < -0.4 is 10.6 Å². The van der Waals surface area contributed by atoms with Crippen LogP contribution >= 0.6 is 0 Å². The van der Waals surface area contributed by atoms with Gasteiger partial charge < -0.3 is 15.4 Å². The molecule has 3 aromatic carbocycles. The topological polar surface area (TPSA) is 67.4 Å². The van der Waals surface area contributed by atoms with Gasteiger partial charge in [-0.2, -0.15) is 13.2 Å². The van der Waals surface area contributed by atoms with Crippen molar-refractivity contribution >= 4 is 23.2 Å². The van der Waals surface area contributed by atoms with Crippen LogP contribution in [0.4, 0.5) is 24.5 Å². The minimum absolute atomic E-state index is 0.170. The largest absolute Gasteiger partial charge is 0.456 e. The molecule has 0 bridgehead atoms. The molecular weight excluding hydrogens is 565 g/mol. The zero-order valence-corrected chi connectivity index (χ0v) is 24.8. The van der Waals surface area contributed by atoms with Crippen LogP contribution in [0, 0.1) is 11.8 Å². The molecule has 2 atom stereocenters. The molecule has 2 aliphatic rings. The Hall–Kier alpha value is -4.33. The van der Waals surface area contributed by atoms with Crippen molar-refractivity contribution in [1.82, 2.24) is 0 Å². The zero-order valence-electron chi connectivity index (χ0n) is 24.8.